The molecule has 416 valence electrons. The summed E-state index contributed by atoms with van der Waals surface area (Å²) in [5.41, 5.74) is 17.7. The van der Waals surface area contributed by atoms with Crippen LogP contribution in [-0.4, -0.2) is 167 Å². The number of aromatic amines is 1. The van der Waals surface area contributed by atoms with Crippen LogP contribution in [0.4, 0.5) is 0 Å². The van der Waals surface area contributed by atoms with E-state index in [0.29, 0.717) is 0 Å². The van der Waals surface area contributed by atoms with Gasteiger partial charge in [-0.05, 0) is 50.7 Å². The smallest absolute Gasteiger partial charge is 0.305 e. The Balaban J connectivity index is 2.17. The summed E-state index contributed by atoms with van der Waals surface area (Å²) in [7, 11) is 1.41. The van der Waals surface area contributed by atoms with Crippen molar-refractivity contribution >= 4 is 81.9 Å². The zero-order valence-corrected chi connectivity index (χ0v) is 43.3. The van der Waals surface area contributed by atoms with Crippen molar-refractivity contribution in [1.82, 2.24) is 58.2 Å². The van der Waals surface area contributed by atoms with Crippen molar-refractivity contribution in [3.63, 3.8) is 0 Å². The number of para-hydroxylation sites is 1. The number of carboxylic acid groups (broad SMARTS) is 1. The van der Waals surface area contributed by atoms with Crippen LogP contribution in [0.3, 0.4) is 0 Å². The first kappa shape index (κ1) is 63.4. The number of nitrogens with one attached hydrogen (secondary N) is 11. The number of amides is 11. The number of fused-ring (bicyclic) bond motifs is 1. The third kappa shape index (κ3) is 20.6. The molecule has 11 amide bonds. The van der Waals surface area contributed by atoms with Crippen molar-refractivity contribution in [3.05, 3.63) is 36.0 Å². The molecule has 0 saturated carbocycles. The molecule has 2 aromatic rings. The highest BCUT2D eigenvalue weighted by Crippen LogP contribution is 2.19. The average molecular weight is 1060 g/mol. The zero-order valence-electron chi connectivity index (χ0n) is 43.3. The first-order chi connectivity index (χ1) is 35.1. The number of aliphatic hydroxyl groups excluding tert-OH is 1. The van der Waals surface area contributed by atoms with Gasteiger partial charge in [0.05, 0.1) is 25.0 Å². The van der Waals surface area contributed by atoms with Gasteiger partial charge in [0.25, 0.3) is 0 Å². The number of H-pyrrole nitrogens is 1. The van der Waals surface area contributed by atoms with E-state index in [9.17, 15) is 67.7 Å². The maximum atomic E-state index is 13.7. The molecule has 1 aromatic heterocycles. The van der Waals surface area contributed by atoms with Crippen LogP contribution in [0.2, 0.25) is 0 Å². The van der Waals surface area contributed by atoms with Crippen molar-refractivity contribution in [2.45, 2.75) is 141 Å². The maximum Gasteiger partial charge on any atom is 0.305 e. The predicted molar refractivity (Wildman–Crippen MR) is 270 cm³/mol. The Morgan fingerprint density at radius 3 is 1.53 bits per heavy atom. The summed E-state index contributed by atoms with van der Waals surface area (Å²) in [5.74, 6) is -13.1. The highest BCUT2D eigenvalue weighted by atomic mass is 16.4. The lowest BCUT2D eigenvalue weighted by molar-refractivity contribution is -0.141. The molecule has 0 bridgehead atoms. The third-order valence-corrected chi connectivity index (χ3v) is 11.6. The van der Waals surface area contributed by atoms with E-state index in [0.717, 1.165) is 23.4 Å². The van der Waals surface area contributed by atoms with Crippen LogP contribution in [0.5, 0.6) is 0 Å². The van der Waals surface area contributed by atoms with Crippen LogP contribution >= 0.6 is 0 Å². The van der Waals surface area contributed by atoms with Crippen LogP contribution in [-0.2, 0) is 64.0 Å². The normalized spacial score (nSPS) is 15.2. The number of benzene rings is 1. The molecule has 1 heterocycles. The monoisotopic (exact) mass is 1060 g/mol. The third-order valence-electron chi connectivity index (χ3n) is 11.6. The number of nitrogens with two attached hydrogens (primary N) is 3. The number of aliphatic carboxylic acids is 1. The lowest BCUT2D eigenvalue weighted by atomic mass is 10.0. The van der Waals surface area contributed by atoms with Crippen molar-refractivity contribution in [2.75, 3.05) is 20.1 Å². The fourth-order valence-corrected chi connectivity index (χ4v) is 7.40. The molecule has 75 heavy (non-hydrogen) atoms. The van der Waals surface area contributed by atoms with E-state index in [-0.39, 0.29) is 32.4 Å². The molecular formula is C47H74N14O14. The second kappa shape index (κ2) is 30.5. The number of hydrogen-bond donors (Lipinski definition) is 16. The molecule has 4 unspecified atom stereocenters. The molecule has 0 aliphatic rings. The quantitative estimate of drug-likeness (QED) is 0.0325. The molecule has 0 fully saturated rings. The molecule has 28 nitrogen and oxygen atoms in total. The van der Waals surface area contributed by atoms with Gasteiger partial charge in [0, 0.05) is 50.1 Å². The maximum absolute atomic E-state index is 13.7. The number of primary amides is 2. The van der Waals surface area contributed by atoms with Gasteiger partial charge in [-0.25, -0.2) is 0 Å². The van der Waals surface area contributed by atoms with Gasteiger partial charge in [-0.3, -0.25) is 57.5 Å². The van der Waals surface area contributed by atoms with Crippen LogP contribution in [0.1, 0.15) is 79.7 Å². The second-order valence-corrected chi connectivity index (χ2v) is 18.6. The van der Waals surface area contributed by atoms with Crippen molar-refractivity contribution in [1.29, 1.82) is 0 Å². The zero-order chi connectivity index (χ0) is 56.9. The summed E-state index contributed by atoms with van der Waals surface area (Å²) in [5, 5.41) is 45.4. The van der Waals surface area contributed by atoms with Gasteiger partial charge >= 0.3 is 5.97 Å². The molecule has 0 radical (unpaired) electrons. The number of aromatic nitrogens is 1. The molecule has 1 aromatic carbocycles. The lowest BCUT2D eigenvalue weighted by Gasteiger charge is -2.29. The van der Waals surface area contributed by atoms with E-state index in [1.807, 2.05) is 24.3 Å². The van der Waals surface area contributed by atoms with E-state index in [1.54, 1.807) is 20.0 Å². The Morgan fingerprint density at radius 2 is 1.03 bits per heavy atom. The molecule has 0 aliphatic carbocycles. The van der Waals surface area contributed by atoms with Gasteiger partial charge < -0.3 is 85.6 Å². The number of carbonyl (C=O) groups excluding carboxylic acids is 11. The van der Waals surface area contributed by atoms with E-state index in [4.69, 9.17) is 17.2 Å². The van der Waals surface area contributed by atoms with Gasteiger partial charge in [0.15, 0.2) is 0 Å². The van der Waals surface area contributed by atoms with Crippen LogP contribution in [0, 0.1) is 11.8 Å². The lowest BCUT2D eigenvalue weighted by Crippen LogP contribution is -2.62. The van der Waals surface area contributed by atoms with Crippen LogP contribution < -0.4 is 70.4 Å². The van der Waals surface area contributed by atoms with E-state index in [1.165, 1.54) is 34.7 Å². The molecule has 19 N–H and O–H groups in total. The number of carboxylic acids is 1. The highest BCUT2D eigenvalue weighted by molar-refractivity contribution is 6.00. The summed E-state index contributed by atoms with van der Waals surface area (Å²) < 4.78 is 0. The van der Waals surface area contributed by atoms with Gasteiger partial charge in [-0.1, -0.05) is 45.9 Å². The number of aliphatic hydroxyl groups is 1. The molecule has 0 aliphatic heterocycles. The second-order valence-electron chi connectivity index (χ2n) is 18.6. The first-order valence-corrected chi connectivity index (χ1v) is 24.2. The summed E-state index contributed by atoms with van der Waals surface area (Å²) in [6.07, 6.45) is -2.02. The fraction of sp³-hybridized carbons (Fsp3) is 0.574. The molecule has 2 rings (SSSR count). The molecule has 0 spiro atoms. The Bertz CT molecular complexity index is 2380. The first-order valence-electron chi connectivity index (χ1n) is 24.2. The van der Waals surface area contributed by atoms with Gasteiger partial charge in [0.1, 0.15) is 48.3 Å². The van der Waals surface area contributed by atoms with Crippen molar-refractivity contribution in [3.8, 4) is 0 Å². The fourth-order valence-electron chi connectivity index (χ4n) is 7.40. The highest BCUT2D eigenvalue weighted by Gasteiger charge is 2.37. The Morgan fingerprint density at radius 1 is 0.560 bits per heavy atom. The summed E-state index contributed by atoms with van der Waals surface area (Å²) in [4.78, 5) is 159. The topological polar surface area (TPSA) is 459 Å². The Labute approximate surface area is 433 Å². The van der Waals surface area contributed by atoms with Gasteiger partial charge in [-0.2, -0.15) is 0 Å². The molecule has 28 heteroatoms. The van der Waals surface area contributed by atoms with Gasteiger partial charge in [-0.15, -0.1) is 0 Å². The minimum absolute atomic E-state index is 0.0813. The standard InChI is InChI=1S/C47H74N14O14/c1-21(2)36(45(73)54-23(5)39(67)56-30(41(69)51-8)17-26-20-53-28-12-10-9-11-27(26)28)59-40(68)24(6)55-47(75)38(25(7)62)61-43(71)31(18-34(50)64)58-46(74)37(22(3)4)60-44(72)32(19-35(65)66)57-42(70)29(52-16-15-48)13-14-33(49)63/h9-12,20-25,29-32,36-38,52-53,62H,13-19,48H2,1-8H3,(H2,49,63)(H2,50,64)(H,51,69)(H,54,73)(H,55,75)(H,56,67)(H,57,70)(H,58,74)(H,59,68)(H,60,72)(H,61,71)(H,65,66)/t23-,24-,25-,29-,30+,31?,32-,36?,37?,38?/m0/s1. The summed E-state index contributed by atoms with van der Waals surface area (Å²) >= 11 is 0. The van der Waals surface area contributed by atoms with Crippen LogP contribution in [0.15, 0.2) is 30.5 Å². The Kier molecular flexibility index (Phi) is 25.8. The van der Waals surface area contributed by atoms with Crippen molar-refractivity contribution in [2.24, 2.45) is 29.0 Å². The van der Waals surface area contributed by atoms with Gasteiger partial charge in [0.2, 0.25) is 65.0 Å². The SMILES string of the molecule is CNC(=O)[C@@H](Cc1c[nH]c2ccccc12)NC(=O)[C@H](C)NC(=O)C(NC(=O)[C@H](C)NC(=O)C(NC(=O)C(CC(N)=O)NC(=O)C(NC(=O)[C@H](CC(=O)O)NC(=O)[C@H](CCC(N)=O)NCCN)C(C)C)[C@H](C)O)C(C)C. The number of rotatable bonds is 32. The Hall–Kier alpha value is -7.72. The largest absolute Gasteiger partial charge is 0.481 e. The number of hydrogen-bond acceptors (Lipinski definition) is 15. The summed E-state index contributed by atoms with van der Waals surface area (Å²) in [6.45, 7) is 10.0. The minimum Gasteiger partial charge on any atom is -0.481 e. The molecule has 0 saturated heterocycles. The number of likely N-dealkylation sites (N-methyl/N-ethyl adjacent to an activating group) is 1. The van der Waals surface area contributed by atoms with Crippen LogP contribution in [0.25, 0.3) is 10.9 Å². The van der Waals surface area contributed by atoms with E-state index in [2.05, 4.69) is 58.2 Å². The van der Waals surface area contributed by atoms with E-state index >= 15 is 0 Å². The summed E-state index contributed by atoms with van der Waals surface area (Å²) in [6, 6.07) is -5.64. The average Bonchev–Trinajstić information content (AvgIpc) is 3.74. The molecular weight excluding hydrogens is 985 g/mol. The van der Waals surface area contributed by atoms with Crippen molar-refractivity contribution < 1.29 is 67.7 Å². The molecule has 10 atom stereocenters. The predicted octanol–water partition coefficient (Wildman–Crippen LogP) is -5.40. The minimum atomic E-state index is -1.85. The number of carbonyl (C=O) groups is 12. The van der Waals surface area contributed by atoms with E-state index < -0.39 is 156 Å².